The van der Waals surface area contributed by atoms with Crippen LogP contribution in [0, 0.1) is 98.1 Å². The van der Waals surface area contributed by atoms with Crippen molar-refractivity contribution in [3.8, 4) is 0 Å². The molecule has 0 aromatic carbocycles. The molecule has 5 rings (SSSR count). The first-order chi connectivity index (χ1) is 14.5. The summed E-state index contributed by atoms with van der Waals surface area (Å²) in [6.07, 6.45) is 1.34. The van der Waals surface area contributed by atoms with Gasteiger partial charge in [-0.1, -0.05) is 103 Å². The molecule has 32 heavy (non-hydrogen) atoms. The van der Waals surface area contributed by atoms with Crippen molar-refractivity contribution >= 4 is 0 Å². The van der Waals surface area contributed by atoms with Gasteiger partial charge in [-0.2, -0.15) is 0 Å². The van der Waals surface area contributed by atoms with Crippen molar-refractivity contribution in [3.63, 3.8) is 0 Å². The van der Waals surface area contributed by atoms with Crippen LogP contribution >= 0.6 is 0 Å². The lowest BCUT2D eigenvalue weighted by atomic mass is 9.22. The van der Waals surface area contributed by atoms with Crippen molar-refractivity contribution in [2.24, 2.45) is 98.1 Å². The Hall–Kier alpha value is 0. The highest BCUT2D eigenvalue weighted by Gasteiger charge is 2.87. The van der Waals surface area contributed by atoms with Crippen molar-refractivity contribution in [2.75, 3.05) is 0 Å². The summed E-state index contributed by atoms with van der Waals surface area (Å²) < 4.78 is 0. The molecule has 0 heteroatoms. The summed E-state index contributed by atoms with van der Waals surface area (Å²) in [7, 11) is 0. The summed E-state index contributed by atoms with van der Waals surface area (Å²) in [5.41, 5.74) is 2.36. The van der Waals surface area contributed by atoms with Crippen LogP contribution in [-0.4, -0.2) is 0 Å². The zero-order chi connectivity index (χ0) is 24.1. The fraction of sp³-hybridized carbons (Fsp3) is 1.00. The molecule has 0 radical (unpaired) electrons. The Bertz CT molecular complexity index is 801. The Morgan fingerprint density at radius 1 is 0.531 bits per heavy atom. The van der Waals surface area contributed by atoms with Crippen molar-refractivity contribution < 1.29 is 0 Å². The molecule has 0 nitrogen and oxygen atoms in total. The first-order valence-electron chi connectivity index (χ1n) is 14.5. The van der Waals surface area contributed by atoms with E-state index in [1.165, 1.54) is 6.42 Å². The van der Waals surface area contributed by atoms with E-state index < -0.39 is 0 Å². The van der Waals surface area contributed by atoms with Crippen LogP contribution in [0.1, 0.15) is 103 Å². The molecule has 184 valence electrons. The van der Waals surface area contributed by atoms with E-state index in [1.54, 1.807) is 0 Å². The van der Waals surface area contributed by atoms with Gasteiger partial charge in [0.25, 0.3) is 0 Å². The number of rotatable bonds is 1. The summed E-state index contributed by atoms with van der Waals surface area (Å²) >= 11 is 0. The molecule has 0 saturated heterocycles. The third-order valence-electron chi connectivity index (χ3n) is 15.6. The average Bonchev–Trinajstić information content (AvgIpc) is 2.86. The monoisotopic (exact) mass is 440 g/mol. The predicted molar refractivity (Wildman–Crippen MR) is 138 cm³/mol. The molecule has 0 amide bonds. The minimum Gasteiger partial charge on any atom is -0.0651 e. The van der Waals surface area contributed by atoms with Crippen LogP contribution in [-0.2, 0) is 0 Å². The highest BCUT2D eigenvalue weighted by Crippen LogP contribution is 2.91. The quantitative estimate of drug-likeness (QED) is 0.381. The standard InChI is InChI=1S/C32H56/c1-15-22-28(8,9)20(6)27-21(7)31(14)26-17(3)25-23(18(4)29(25,10)11)16(2)24(26)19(5)32(27,31)30(22,12)13/h16-27H,15H2,1-14H3/t16-,17+,18+,19-,20+,21-,22-,23-,24+,25-,26+,27-,31-,32-/m1/s1. The first kappa shape index (κ1) is 23.7. The maximum Gasteiger partial charge on any atom is -0.0122 e. The van der Waals surface area contributed by atoms with Gasteiger partial charge in [0.1, 0.15) is 0 Å². The Morgan fingerprint density at radius 3 is 1.59 bits per heavy atom. The van der Waals surface area contributed by atoms with Crippen LogP contribution in [0.2, 0.25) is 0 Å². The minimum absolute atomic E-state index is 0.403. The largest absolute Gasteiger partial charge is 0.0651 e. The van der Waals surface area contributed by atoms with Crippen LogP contribution in [0.25, 0.3) is 0 Å². The fourth-order valence-corrected chi connectivity index (χ4v) is 14.8. The van der Waals surface area contributed by atoms with E-state index in [2.05, 4.69) is 96.9 Å². The molecular weight excluding hydrogens is 384 g/mol. The second-order valence-corrected chi connectivity index (χ2v) is 16.1. The van der Waals surface area contributed by atoms with E-state index in [4.69, 9.17) is 0 Å². The van der Waals surface area contributed by atoms with Crippen molar-refractivity contribution in [1.82, 2.24) is 0 Å². The summed E-state index contributed by atoms with van der Waals surface area (Å²) in [6.45, 7) is 37.4. The molecule has 0 aromatic rings. The lowest BCUT2D eigenvalue weighted by molar-refractivity contribution is -0.348. The zero-order valence-electron chi connectivity index (χ0n) is 24.1. The van der Waals surface area contributed by atoms with Gasteiger partial charge in [0, 0.05) is 0 Å². The molecule has 14 atom stereocenters. The molecule has 5 saturated carbocycles. The molecule has 0 aromatic heterocycles. The van der Waals surface area contributed by atoms with E-state index in [-0.39, 0.29) is 0 Å². The summed E-state index contributed by atoms with van der Waals surface area (Å²) in [5.74, 6) is 10.6. The maximum atomic E-state index is 2.83. The molecule has 0 heterocycles. The lowest BCUT2D eigenvalue weighted by Gasteiger charge is -2.82. The fourth-order valence-electron chi connectivity index (χ4n) is 14.8. The second-order valence-electron chi connectivity index (χ2n) is 16.1. The van der Waals surface area contributed by atoms with E-state index in [0.717, 1.165) is 71.0 Å². The summed E-state index contributed by atoms with van der Waals surface area (Å²) in [6, 6.07) is 0. The van der Waals surface area contributed by atoms with Gasteiger partial charge in [0.15, 0.2) is 0 Å². The third-order valence-corrected chi connectivity index (χ3v) is 15.6. The number of hydrogen-bond acceptors (Lipinski definition) is 0. The third kappa shape index (κ3) is 1.94. The summed E-state index contributed by atoms with van der Waals surface area (Å²) in [4.78, 5) is 0. The molecule has 5 aliphatic carbocycles. The van der Waals surface area contributed by atoms with Crippen LogP contribution in [0.15, 0.2) is 0 Å². The van der Waals surface area contributed by atoms with Gasteiger partial charge in [0.2, 0.25) is 0 Å². The van der Waals surface area contributed by atoms with Crippen LogP contribution in [0.5, 0.6) is 0 Å². The molecule has 0 unspecified atom stereocenters. The van der Waals surface area contributed by atoms with Crippen molar-refractivity contribution in [2.45, 2.75) is 103 Å². The predicted octanol–water partition coefficient (Wildman–Crippen LogP) is 9.05. The molecule has 5 fully saturated rings. The van der Waals surface area contributed by atoms with Gasteiger partial charge >= 0.3 is 0 Å². The Labute approximate surface area is 201 Å². The second kappa shape index (κ2) is 6.22. The van der Waals surface area contributed by atoms with Crippen LogP contribution < -0.4 is 0 Å². The molecule has 0 bridgehead atoms. The van der Waals surface area contributed by atoms with Gasteiger partial charge in [0.05, 0.1) is 0 Å². The van der Waals surface area contributed by atoms with Gasteiger partial charge in [-0.05, 0) is 98.1 Å². The summed E-state index contributed by atoms with van der Waals surface area (Å²) in [5, 5.41) is 0. The lowest BCUT2D eigenvalue weighted by Crippen LogP contribution is -2.77. The van der Waals surface area contributed by atoms with Crippen molar-refractivity contribution in [1.29, 1.82) is 0 Å². The normalized spacial score (nSPS) is 63.2. The van der Waals surface area contributed by atoms with Crippen LogP contribution in [0.3, 0.4) is 0 Å². The number of hydrogen-bond donors (Lipinski definition) is 0. The molecule has 0 aliphatic heterocycles. The Balaban J connectivity index is 1.72. The highest BCUT2D eigenvalue weighted by molar-refractivity contribution is 5.34. The van der Waals surface area contributed by atoms with E-state index >= 15 is 0 Å². The average molecular weight is 441 g/mol. The maximum absolute atomic E-state index is 2.83. The topological polar surface area (TPSA) is 0 Å². The van der Waals surface area contributed by atoms with E-state index in [0.29, 0.717) is 27.1 Å². The Morgan fingerprint density at radius 2 is 1.06 bits per heavy atom. The molecule has 0 N–H and O–H groups in total. The zero-order valence-corrected chi connectivity index (χ0v) is 24.1. The smallest absolute Gasteiger partial charge is 0.0122 e. The first-order valence-corrected chi connectivity index (χ1v) is 14.5. The van der Waals surface area contributed by atoms with Gasteiger partial charge in [-0.3, -0.25) is 0 Å². The van der Waals surface area contributed by atoms with Crippen LogP contribution in [0.4, 0.5) is 0 Å². The SMILES string of the molecule is CC[C@@H]1C(C)(C)[C@@H](C)[C@@H]2[C@@H](C)[C@]3(C)[C@H]4[C@@H](C)[C@@H]5[C@H]([C@@H](C)[C@H]4[C@@H](C)[C@]23C1(C)C)[C@H](C)C5(C)C. The minimum atomic E-state index is 0.403. The van der Waals surface area contributed by atoms with Crippen molar-refractivity contribution in [3.05, 3.63) is 0 Å². The molecular formula is C32H56. The van der Waals surface area contributed by atoms with Gasteiger partial charge in [-0.15, -0.1) is 0 Å². The number of fused-ring (bicyclic) bond motifs is 3. The Kier molecular flexibility index (Phi) is 4.61. The van der Waals surface area contributed by atoms with Gasteiger partial charge in [-0.25, -0.2) is 0 Å². The molecule has 1 spiro atoms. The van der Waals surface area contributed by atoms with E-state index in [9.17, 15) is 0 Å². The van der Waals surface area contributed by atoms with E-state index in [1.807, 2.05) is 0 Å². The van der Waals surface area contributed by atoms with Gasteiger partial charge < -0.3 is 0 Å². The molecule has 5 aliphatic rings. The highest BCUT2D eigenvalue weighted by atomic mass is 14.9.